The van der Waals surface area contributed by atoms with Gasteiger partial charge in [-0.05, 0) is 12.1 Å². The third kappa shape index (κ3) is 2.07. The zero-order valence-corrected chi connectivity index (χ0v) is 6.97. The third-order valence-electron chi connectivity index (χ3n) is 1.24. The Morgan fingerprint density at radius 2 is 1.73 bits per heavy atom. The van der Waals surface area contributed by atoms with E-state index in [2.05, 4.69) is 0 Å². The third-order valence-corrected chi connectivity index (χ3v) is 1.98. The Morgan fingerprint density at radius 1 is 1.09 bits per heavy atom. The summed E-state index contributed by atoms with van der Waals surface area (Å²) in [4.78, 5) is 0. The topological polar surface area (TPSA) is 40.5 Å². The molecule has 0 aromatic heterocycles. The summed E-state index contributed by atoms with van der Waals surface area (Å²) < 4.78 is 0. The van der Waals surface area contributed by atoms with Crippen molar-refractivity contribution in [3.8, 4) is 0 Å². The molecule has 0 spiro atoms. The van der Waals surface area contributed by atoms with Gasteiger partial charge in [0.15, 0.2) is 6.29 Å². The molecule has 0 atom stereocenters. The van der Waals surface area contributed by atoms with E-state index < -0.39 is 6.29 Å². The minimum Gasteiger partial charge on any atom is -0.364 e. The number of hydrogen-bond donors (Lipinski definition) is 2. The van der Waals surface area contributed by atoms with Crippen molar-refractivity contribution in [1.82, 2.24) is 0 Å². The summed E-state index contributed by atoms with van der Waals surface area (Å²) in [6.07, 6.45) is -1.50. The number of benzene rings is 1. The van der Waals surface area contributed by atoms with Gasteiger partial charge in [0.2, 0.25) is 0 Å². The Labute approximate surface area is 74.0 Å². The summed E-state index contributed by atoms with van der Waals surface area (Å²) in [6, 6.07) is 4.42. The molecule has 1 aromatic carbocycles. The van der Waals surface area contributed by atoms with Crippen LogP contribution in [0.5, 0.6) is 0 Å². The van der Waals surface area contributed by atoms with Crippen LogP contribution < -0.4 is 0 Å². The fourth-order valence-electron chi connectivity index (χ4n) is 0.673. The molecule has 0 heterocycles. The van der Waals surface area contributed by atoms with E-state index in [-0.39, 0.29) is 0 Å². The lowest BCUT2D eigenvalue weighted by atomic mass is 10.2. The number of aliphatic hydroxyl groups is 2. The lowest BCUT2D eigenvalue weighted by Gasteiger charge is -2.03. The molecule has 0 aliphatic carbocycles. The summed E-state index contributed by atoms with van der Waals surface area (Å²) in [5.74, 6) is 0. The predicted octanol–water partition coefficient (Wildman–Crippen LogP) is 1.98. The molecule has 1 rings (SSSR count). The zero-order valence-electron chi connectivity index (χ0n) is 5.46. The largest absolute Gasteiger partial charge is 0.364 e. The normalized spacial score (nSPS) is 10.6. The maximum Gasteiger partial charge on any atom is 0.178 e. The molecule has 2 N–H and O–H groups in total. The highest BCUT2D eigenvalue weighted by Gasteiger charge is 2.04. The summed E-state index contributed by atoms with van der Waals surface area (Å²) in [5, 5.41) is 18.1. The van der Waals surface area contributed by atoms with Gasteiger partial charge in [-0.3, -0.25) is 0 Å². The molecule has 60 valence electrons. The standard InChI is InChI=1S/C7H6Cl2O2/c8-5-2-1-4(7(10)11)3-6(5)9/h1-3,7,10-11H. The molecule has 0 aliphatic rings. The molecule has 0 aliphatic heterocycles. The Morgan fingerprint density at radius 3 is 2.18 bits per heavy atom. The molecular weight excluding hydrogens is 187 g/mol. The maximum absolute atomic E-state index is 8.69. The monoisotopic (exact) mass is 192 g/mol. The van der Waals surface area contributed by atoms with Gasteiger partial charge in [-0.2, -0.15) is 0 Å². The van der Waals surface area contributed by atoms with E-state index >= 15 is 0 Å². The molecular formula is C7H6Cl2O2. The molecule has 4 heteroatoms. The van der Waals surface area contributed by atoms with Crippen LogP contribution in [0, 0.1) is 0 Å². The number of hydrogen-bond acceptors (Lipinski definition) is 2. The molecule has 0 unspecified atom stereocenters. The van der Waals surface area contributed by atoms with Crippen LogP contribution >= 0.6 is 23.2 Å². The molecule has 0 fully saturated rings. The lowest BCUT2D eigenvalue weighted by Crippen LogP contribution is -1.93. The van der Waals surface area contributed by atoms with Gasteiger partial charge < -0.3 is 10.2 Å². The molecule has 11 heavy (non-hydrogen) atoms. The van der Waals surface area contributed by atoms with Crippen LogP contribution in [0.25, 0.3) is 0 Å². The summed E-state index contributed by atoms with van der Waals surface area (Å²) >= 11 is 11.2. The quantitative estimate of drug-likeness (QED) is 0.669. The second kappa shape index (κ2) is 3.41. The van der Waals surface area contributed by atoms with Crippen molar-refractivity contribution in [2.75, 3.05) is 0 Å². The highest BCUT2D eigenvalue weighted by atomic mass is 35.5. The van der Waals surface area contributed by atoms with E-state index in [1.165, 1.54) is 18.2 Å². The van der Waals surface area contributed by atoms with Crippen LogP contribution in [0.3, 0.4) is 0 Å². The molecule has 0 saturated heterocycles. The van der Waals surface area contributed by atoms with Crippen molar-refractivity contribution in [3.05, 3.63) is 33.8 Å². The van der Waals surface area contributed by atoms with Gasteiger partial charge in [0.25, 0.3) is 0 Å². The minimum absolute atomic E-state index is 0.317. The van der Waals surface area contributed by atoms with Crippen molar-refractivity contribution in [1.29, 1.82) is 0 Å². The van der Waals surface area contributed by atoms with Crippen molar-refractivity contribution in [3.63, 3.8) is 0 Å². The van der Waals surface area contributed by atoms with Crippen molar-refractivity contribution >= 4 is 23.2 Å². The highest BCUT2D eigenvalue weighted by Crippen LogP contribution is 2.24. The summed E-state index contributed by atoms with van der Waals surface area (Å²) in [6.45, 7) is 0. The number of aliphatic hydroxyl groups excluding tert-OH is 1. The van der Waals surface area contributed by atoms with Gasteiger partial charge in [0.1, 0.15) is 0 Å². The Bertz CT molecular complexity index is 261. The second-order valence-electron chi connectivity index (χ2n) is 2.05. The predicted molar refractivity (Wildman–Crippen MR) is 43.6 cm³/mol. The SMILES string of the molecule is OC(O)c1ccc(Cl)c(Cl)c1. The van der Waals surface area contributed by atoms with Crippen LogP contribution in [0.15, 0.2) is 18.2 Å². The first kappa shape index (κ1) is 8.81. The van der Waals surface area contributed by atoms with E-state index in [4.69, 9.17) is 33.4 Å². The highest BCUT2D eigenvalue weighted by molar-refractivity contribution is 6.42. The first-order valence-corrected chi connectivity index (χ1v) is 3.68. The summed E-state index contributed by atoms with van der Waals surface area (Å²) in [7, 11) is 0. The van der Waals surface area contributed by atoms with Crippen LogP contribution in [0.4, 0.5) is 0 Å². The van der Waals surface area contributed by atoms with Crippen LogP contribution in [-0.2, 0) is 0 Å². The molecule has 0 bridgehead atoms. The molecule has 1 aromatic rings. The minimum atomic E-state index is -1.50. The van der Waals surface area contributed by atoms with E-state index in [0.29, 0.717) is 15.6 Å². The maximum atomic E-state index is 8.69. The van der Waals surface area contributed by atoms with Gasteiger partial charge in [0, 0.05) is 5.56 Å². The average Bonchev–Trinajstić information content (AvgIpc) is 1.94. The zero-order chi connectivity index (χ0) is 8.43. The van der Waals surface area contributed by atoms with Crippen LogP contribution in [-0.4, -0.2) is 10.2 Å². The first-order chi connectivity index (χ1) is 5.11. The van der Waals surface area contributed by atoms with E-state index in [0.717, 1.165) is 0 Å². The summed E-state index contributed by atoms with van der Waals surface area (Å²) in [5.41, 5.74) is 0.333. The van der Waals surface area contributed by atoms with Crippen molar-refractivity contribution in [2.24, 2.45) is 0 Å². The molecule has 0 amide bonds. The Kier molecular flexibility index (Phi) is 2.73. The lowest BCUT2D eigenvalue weighted by molar-refractivity contribution is -0.0424. The molecule has 2 nitrogen and oxygen atoms in total. The van der Waals surface area contributed by atoms with Crippen LogP contribution in [0.2, 0.25) is 10.0 Å². The van der Waals surface area contributed by atoms with Crippen molar-refractivity contribution < 1.29 is 10.2 Å². The van der Waals surface area contributed by atoms with E-state index in [9.17, 15) is 0 Å². The van der Waals surface area contributed by atoms with Gasteiger partial charge in [-0.25, -0.2) is 0 Å². The van der Waals surface area contributed by atoms with Gasteiger partial charge in [-0.1, -0.05) is 29.3 Å². The van der Waals surface area contributed by atoms with Crippen molar-refractivity contribution in [2.45, 2.75) is 6.29 Å². The Balaban J connectivity index is 3.05. The van der Waals surface area contributed by atoms with E-state index in [1.54, 1.807) is 0 Å². The van der Waals surface area contributed by atoms with Gasteiger partial charge >= 0.3 is 0 Å². The smallest absolute Gasteiger partial charge is 0.178 e. The van der Waals surface area contributed by atoms with E-state index in [1.807, 2.05) is 0 Å². The molecule has 0 saturated carbocycles. The Hall–Kier alpha value is -0.280. The fourth-order valence-corrected chi connectivity index (χ4v) is 0.980. The van der Waals surface area contributed by atoms with Gasteiger partial charge in [0.05, 0.1) is 10.0 Å². The number of halogens is 2. The molecule has 0 radical (unpaired) electrons. The first-order valence-electron chi connectivity index (χ1n) is 2.92. The second-order valence-corrected chi connectivity index (χ2v) is 2.86. The van der Waals surface area contributed by atoms with Crippen LogP contribution in [0.1, 0.15) is 11.9 Å². The average molecular weight is 193 g/mol. The van der Waals surface area contributed by atoms with Gasteiger partial charge in [-0.15, -0.1) is 0 Å². The number of rotatable bonds is 1. The fraction of sp³-hybridized carbons (Fsp3) is 0.143.